The lowest BCUT2D eigenvalue weighted by molar-refractivity contribution is 0.361. The number of alkyl halides is 1. The van der Waals surface area contributed by atoms with Crippen molar-refractivity contribution in [3.05, 3.63) is 18.0 Å². The number of halogens is 1. The van der Waals surface area contributed by atoms with Crippen LogP contribution in [0.15, 0.2) is 12.4 Å². The molecule has 1 fully saturated rings. The number of aromatic nitrogens is 2. The molecule has 0 spiro atoms. The van der Waals surface area contributed by atoms with Gasteiger partial charge in [-0.1, -0.05) is 12.8 Å². The predicted octanol–water partition coefficient (Wildman–Crippen LogP) is 2.76. The Labute approximate surface area is 90.3 Å². The lowest BCUT2D eigenvalue weighted by atomic mass is 9.85. The number of aryl methyl sites for hydroxylation is 1. The minimum absolute atomic E-state index is 0.408. The Morgan fingerprint density at radius 1 is 1.57 bits per heavy atom. The van der Waals surface area contributed by atoms with Gasteiger partial charge >= 0.3 is 0 Å². The van der Waals surface area contributed by atoms with Gasteiger partial charge in [-0.2, -0.15) is 5.10 Å². The Hall–Kier alpha value is -0.500. The van der Waals surface area contributed by atoms with Gasteiger partial charge in [0.25, 0.3) is 0 Å². The van der Waals surface area contributed by atoms with E-state index in [9.17, 15) is 0 Å². The molecule has 2 nitrogen and oxygen atoms in total. The molecule has 1 aromatic heterocycles. The van der Waals surface area contributed by atoms with E-state index in [1.807, 2.05) is 17.9 Å². The molecule has 2 unspecified atom stereocenters. The lowest BCUT2D eigenvalue weighted by Crippen LogP contribution is -2.17. The van der Waals surface area contributed by atoms with Crippen LogP contribution in [0.3, 0.4) is 0 Å². The summed E-state index contributed by atoms with van der Waals surface area (Å²) in [7, 11) is 1.97. The first-order valence-electron chi connectivity index (χ1n) is 5.35. The summed E-state index contributed by atoms with van der Waals surface area (Å²) in [5, 5.41) is 4.59. The molecule has 0 amide bonds. The average molecular weight is 213 g/mol. The highest BCUT2D eigenvalue weighted by atomic mass is 35.5. The molecule has 1 heterocycles. The standard InChI is InChI=1S/C11H17ClN2/c1-14-8-10(7-13-14)5-9-3-2-4-11(12)6-9/h7-9,11H,2-6H2,1H3. The zero-order chi connectivity index (χ0) is 9.97. The summed E-state index contributed by atoms with van der Waals surface area (Å²) in [6, 6.07) is 0. The lowest BCUT2D eigenvalue weighted by Gasteiger charge is -2.24. The van der Waals surface area contributed by atoms with Crippen LogP contribution in [-0.4, -0.2) is 15.2 Å². The van der Waals surface area contributed by atoms with Gasteiger partial charge in [0.15, 0.2) is 0 Å². The maximum Gasteiger partial charge on any atom is 0.0521 e. The van der Waals surface area contributed by atoms with Gasteiger partial charge in [0, 0.05) is 18.6 Å². The van der Waals surface area contributed by atoms with Crippen LogP contribution >= 0.6 is 11.6 Å². The number of rotatable bonds is 2. The number of hydrogen-bond donors (Lipinski definition) is 0. The summed E-state index contributed by atoms with van der Waals surface area (Å²) < 4.78 is 1.87. The topological polar surface area (TPSA) is 17.8 Å². The van der Waals surface area contributed by atoms with E-state index >= 15 is 0 Å². The maximum absolute atomic E-state index is 6.16. The first-order chi connectivity index (χ1) is 6.74. The van der Waals surface area contributed by atoms with Crippen LogP contribution in [0.2, 0.25) is 0 Å². The third kappa shape index (κ3) is 2.50. The van der Waals surface area contributed by atoms with Crippen molar-refractivity contribution in [2.75, 3.05) is 0 Å². The Morgan fingerprint density at radius 2 is 2.43 bits per heavy atom. The number of nitrogens with zero attached hydrogens (tertiary/aromatic N) is 2. The summed E-state index contributed by atoms with van der Waals surface area (Å²) >= 11 is 6.16. The molecule has 3 heteroatoms. The van der Waals surface area contributed by atoms with Gasteiger partial charge in [0.2, 0.25) is 0 Å². The number of hydrogen-bond acceptors (Lipinski definition) is 1. The fourth-order valence-electron chi connectivity index (χ4n) is 2.32. The van der Waals surface area contributed by atoms with Gasteiger partial charge in [0.1, 0.15) is 0 Å². The summed E-state index contributed by atoms with van der Waals surface area (Å²) in [6.45, 7) is 0. The minimum atomic E-state index is 0.408. The molecule has 0 aromatic carbocycles. The molecule has 78 valence electrons. The van der Waals surface area contributed by atoms with Crippen LogP contribution in [0.4, 0.5) is 0 Å². The van der Waals surface area contributed by atoms with Crippen LogP contribution in [0.1, 0.15) is 31.2 Å². The highest BCUT2D eigenvalue weighted by Gasteiger charge is 2.20. The van der Waals surface area contributed by atoms with Gasteiger partial charge < -0.3 is 0 Å². The minimum Gasteiger partial charge on any atom is -0.276 e. The largest absolute Gasteiger partial charge is 0.276 e. The van der Waals surface area contributed by atoms with Crippen molar-refractivity contribution >= 4 is 11.6 Å². The Kier molecular flexibility index (Phi) is 3.12. The van der Waals surface area contributed by atoms with Crippen molar-refractivity contribution in [1.82, 2.24) is 9.78 Å². The van der Waals surface area contributed by atoms with E-state index < -0.39 is 0 Å². The van der Waals surface area contributed by atoms with Gasteiger partial charge in [-0.3, -0.25) is 4.68 Å². The van der Waals surface area contributed by atoms with Crippen LogP contribution in [-0.2, 0) is 13.5 Å². The fourth-order valence-corrected chi connectivity index (χ4v) is 2.73. The summed E-state index contributed by atoms with van der Waals surface area (Å²) in [5.74, 6) is 0.774. The van der Waals surface area contributed by atoms with Crippen LogP contribution in [0, 0.1) is 5.92 Å². The molecule has 1 aromatic rings. The fraction of sp³-hybridized carbons (Fsp3) is 0.727. The van der Waals surface area contributed by atoms with E-state index in [1.54, 1.807) is 0 Å². The second kappa shape index (κ2) is 4.35. The molecule has 2 rings (SSSR count). The second-order valence-electron chi connectivity index (χ2n) is 4.36. The van der Waals surface area contributed by atoms with Crippen molar-refractivity contribution in [3.8, 4) is 0 Å². The zero-order valence-electron chi connectivity index (χ0n) is 8.62. The zero-order valence-corrected chi connectivity index (χ0v) is 9.37. The molecule has 2 atom stereocenters. The predicted molar refractivity (Wildman–Crippen MR) is 58.5 cm³/mol. The first kappa shape index (κ1) is 10.0. The highest BCUT2D eigenvalue weighted by Crippen LogP contribution is 2.29. The van der Waals surface area contributed by atoms with Gasteiger partial charge in [-0.25, -0.2) is 0 Å². The van der Waals surface area contributed by atoms with Gasteiger partial charge in [-0.05, 0) is 30.7 Å². The molecule has 1 saturated carbocycles. The SMILES string of the molecule is Cn1cc(CC2CCCC(Cl)C2)cn1. The molecule has 1 aliphatic carbocycles. The van der Waals surface area contributed by atoms with E-state index in [2.05, 4.69) is 11.3 Å². The molecular formula is C11H17ClN2. The molecule has 0 bridgehead atoms. The van der Waals surface area contributed by atoms with Crippen molar-refractivity contribution in [2.24, 2.45) is 13.0 Å². The molecule has 0 saturated heterocycles. The molecule has 0 radical (unpaired) electrons. The van der Waals surface area contributed by atoms with Crippen molar-refractivity contribution < 1.29 is 0 Å². The van der Waals surface area contributed by atoms with Crippen LogP contribution in [0.25, 0.3) is 0 Å². The summed E-state index contributed by atoms with van der Waals surface area (Å²) in [4.78, 5) is 0. The smallest absolute Gasteiger partial charge is 0.0521 e. The van der Waals surface area contributed by atoms with Crippen LogP contribution in [0.5, 0.6) is 0 Å². The summed E-state index contributed by atoms with van der Waals surface area (Å²) in [5.41, 5.74) is 1.35. The third-order valence-electron chi connectivity index (χ3n) is 3.00. The van der Waals surface area contributed by atoms with Crippen LogP contribution < -0.4 is 0 Å². The quantitative estimate of drug-likeness (QED) is 0.690. The van der Waals surface area contributed by atoms with Gasteiger partial charge in [-0.15, -0.1) is 11.6 Å². The maximum atomic E-state index is 6.16. The monoisotopic (exact) mass is 212 g/mol. The van der Waals surface area contributed by atoms with Gasteiger partial charge in [0.05, 0.1) is 6.20 Å². The normalized spacial score (nSPS) is 27.9. The molecular weight excluding hydrogens is 196 g/mol. The van der Waals surface area contributed by atoms with Crippen molar-refractivity contribution in [2.45, 2.75) is 37.5 Å². The first-order valence-corrected chi connectivity index (χ1v) is 5.79. The second-order valence-corrected chi connectivity index (χ2v) is 4.97. The van der Waals surface area contributed by atoms with E-state index in [1.165, 1.54) is 31.2 Å². The van der Waals surface area contributed by atoms with E-state index in [0.717, 1.165) is 12.3 Å². The van der Waals surface area contributed by atoms with E-state index in [0.29, 0.717) is 5.38 Å². The average Bonchev–Trinajstić information content (AvgIpc) is 2.51. The molecule has 0 N–H and O–H groups in total. The Morgan fingerprint density at radius 3 is 3.07 bits per heavy atom. The van der Waals surface area contributed by atoms with Crippen molar-refractivity contribution in [3.63, 3.8) is 0 Å². The Balaban J connectivity index is 1.90. The van der Waals surface area contributed by atoms with E-state index in [-0.39, 0.29) is 0 Å². The van der Waals surface area contributed by atoms with E-state index in [4.69, 9.17) is 11.6 Å². The molecule has 14 heavy (non-hydrogen) atoms. The summed E-state index contributed by atoms with van der Waals surface area (Å²) in [6.07, 6.45) is 10.2. The molecule has 0 aliphatic heterocycles. The molecule has 1 aliphatic rings. The Bertz CT molecular complexity index is 295. The van der Waals surface area contributed by atoms with Crippen molar-refractivity contribution in [1.29, 1.82) is 0 Å². The highest BCUT2D eigenvalue weighted by molar-refractivity contribution is 6.20. The third-order valence-corrected chi connectivity index (χ3v) is 3.40.